The molecule has 0 unspecified atom stereocenters. The maximum absolute atomic E-state index is 11.3. The van der Waals surface area contributed by atoms with Crippen molar-refractivity contribution < 1.29 is 9.53 Å². The molecule has 0 radical (unpaired) electrons. The van der Waals surface area contributed by atoms with E-state index in [4.69, 9.17) is 16.3 Å². The molecule has 15 heavy (non-hydrogen) atoms. The Kier molecular flexibility index (Phi) is 4.98. The van der Waals surface area contributed by atoms with Gasteiger partial charge in [-0.15, -0.1) is 11.6 Å². The molecule has 0 heterocycles. The third-order valence-electron chi connectivity index (χ3n) is 1.94. The first kappa shape index (κ1) is 11.9. The van der Waals surface area contributed by atoms with Gasteiger partial charge in [-0.3, -0.25) is 4.79 Å². The van der Waals surface area contributed by atoms with Crippen LogP contribution in [0.3, 0.4) is 0 Å². The van der Waals surface area contributed by atoms with Gasteiger partial charge in [0.2, 0.25) is 5.91 Å². The second kappa shape index (κ2) is 6.30. The number of ether oxygens (including phenoxy) is 1. The standard InChI is InChI=1S/C11H14ClNO2/c1-15-10-4-2-9(3-5-10)8-11(14)13-7-6-12/h2-5H,6-8H2,1H3,(H,13,14). The molecule has 0 aliphatic heterocycles. The van der Waals surface area contributed by atoms with Gasteiger partial charge in [0.05, 0.1) is 13.5 Å². The number of alkyl halides is 1. The number of carbonyl (C=O) groups is 1. The minimum atomic E-state index is -0.0131. The smallest absolute Gasteiger partial charge is 0.224 e. The highest BCUT2D eigenvalue weighted by atomic mass is 35.5. The summed E-state index contributed by atoms with van der Waals surface area (Å²) in [5.74, 6) is 1.22. The van der Waals surface area contributed by atoms with Crippen molar-refractivity contribution in [3.05, 3.63) is 29.8 Å². The van der Waals surface area contributed by atoms with Crippen LogP contribution in [0.4, 0.5) is 0 Å². The van der Waals surface area contributed by atoms with Crippen molar-refractivity contribution >= 4 is 17.5 Å². The van der Waals surface area contributed by atoms with Crippen molar-refractivity contribution in [3.63, 3.8) is 0 Å². The number of nitrogens with one attached hydrogen (secondary N) is 1. The second-order valence-corrected chi connectivity index (χ2v) is 3.44. The zero-order chi connectivity index (χ0) is 11.1. The topological polar surface area (TPSA) is 38.3 Å². The molecule has 0 bridgehead atoms. The van der Waals surface area contributed by atoms with Crippen molar-refractivity contribution in [1.82, 2.24) is 5.32 Å². The van der Waals surface area contributed by atoms with E-state index in [1.807, 2.05) is 24.3 Å². The van der Waals surface area contributed by atoms with Gasteiger partial charge < -0.3 is 10.1 Å². The summed E-state index contributed by atoms with van der Waals surface area (Å²) in [7, 11) is 1.61. The number of methoxy groups -OCH3 is 1. The van der Waals surface area contributed by atoms with Crippen LogP contribution in [-0.4, -0.2) is 25.4 Å². The van der Waals surface area contributed by atoms with E-state index in [1.54, 1.807) is 7.11 Å². The minimum Gasteiger partial charge on any atom is -0.497 e. The third kappa shape index (κ3) is 4.21. The fourth-order valence-corrected chi connectivity index (χ4v) is 1.27. The first-order valence-corrected chi connectivity index (χ1v) is 5.25. The monoisotopic (exact) mass is 227 g/mol. The molecule has 0 saturated carbocycles. The van der Waals surface area contributed by atoms with E-state index in [1.165, 1.54) is 0 Å². The Labute approximate surface area is 94.4 Å². The lowest BCUT2D eigenvalue weighted by Crippen LogP contribution is -2.26. The second-order valence-electron chi connectivity index (χ2n) is 3.06. The van der Waals surface area contributed by atoms with Crippen LogP contribution in [-0.2, 0) is 11.2 Å². The molecule has 3 nitrogen and oxygen atoms in total. The molecular formula is C11H14ClNO2. The average Bonchev–Trinajstić information content (AvgIpc) is 2.27. The molecule has 1 amide bonds. The number of hydrogen-bond donors (Lipinski definition) is 1. The zero-order valence-corrected chi connectivity index (χ0v) is 9.38. The van der Waals surface area contributed by atoms with Crippen molar-refractivity contribution in [3.8, 4) is 5.75 Å². The van der Waals surface area contributed by atoms with Gasteiger partial charge in [-0.25, -0.2) is 0 Å². The average molecular weight is 228 g/mol. The van der Waals surface area contributed by atoms with Crippen LogP contribution in [0.5, 0.6) is 5.75 Å². The van der Waals surface area contributed by atoms with E-state index >= 15 is 0 Å². The summed E-state index contributed by atoms with van der Waals surface area (Å²) in [6.07, 6.45) is 0.376. The van der Waals surface area contributed by atoms with Gasteiger partial charge in [0, 0.05) is 12.4 Å². The molecule has 4 heteroatoms. The summed E-state index contributed by atoms with van der Waals surface area (Å²) < 4.78 is 5.02. The van der Waals surface area contributed by atoms with E-state index in [9.17, 15) is 4.79 Å². The first-order chi connectivity index (χ1) is 7.26. The van der Waals surface area contributed by atoms with Gasteiger partial charge in [0.25, 0.3) is 0 Å². The molecule has 0 fully saturated rings. The fourth-order valence-electron chi connectivity index (χ4n) is 1.18. The number of carbonyl (C=O) groups excluding carboxylic acids is 1. The highest BCUT2D eigenvalue weighted by Gasteiger charge is 2.02. The number of benzene rings is 1. The van der Waals surface area contributed by atoms with E-state index in [0.717, 1.165) is 11.3 Å². The van der Waals surface area contributed by atoms with Crippen LogP contribution in [0.25, 0.3) is 0 Å². The number of hydrogen-bond acceptors (Lipinski definition) is 2. The Morgan fingerprint density at radius 1 is 1.40 bits per heavy atom. The summed E-state index contributed by atoms with van der Waals surface area (Å²) in [6.45, 7) is 0.510. The molecule has 0 saturated heterocycles. The molecule has 0 aliphatic carbocycles. The van der Waals surface area contributed by atoms with Gasteiger partial charge >= 0.3 is 0 Å². The molecule has 82 valence electrons. The predicted octanol–water partition coefficient (Wildman–Crippen LogP) is 1.59. The molecule has 0 atom stereocenters. The first-order valence-electron chi connectivity index (χ1n) is 4.72. The quantitative estimate of drug-likeness (QED) is 0.776. The summed E-state index contributed by atoms with van der Waals surface area (Å²) in [5, 5.41) is 2.71. The largest absolute Gasteiger partial charge is 0.497 e. The summed E-state index contributed by atoms with van der Waals surface area (Å²) in [6, 6.07) is 7.42. The molecular weight excluding hydrogens is 214 g/mol. The predicted molar refractivity (Wildman–Crippen MR) is 60.4 cm³/mol. The van der Waals surface area contributed by atoms with Crippen LogP contribution >= 0.6 is 11.6 Å². The Morgan fingerprint density at radius 3 is 2.60 bits per heavy atom. The Morgan fingerprint density at radius 2 is 2.07 bits per heavy atom. The fraction of sp³-hybridized carbons (Fsp3) is 0.364. The number of rotatable bonds is 5. The highest BCUT2D eigenvalue weighted by Crippen LogP contribution is 2.11. The van der Waals surface area contributed by atoms with E-state index < -0.39 is 0 Å². The molecule has 1 aromatic carbocycles. The minimum absolute atomic E-state index is 0.0131. The number of halogens is 1. The molecule has 1 aromatic rings. The van der Waals surface area contributed by atoms with Crippen molar-refractivity contribution in [2.45, 2.75) is 6.42 Å². The van der Waals surface area contributed by atoms with Crippen molar-refractivity contribution in [2.24, 2.45) is 0 Å². The molecule has 1 rings (SSSR count). The maximum Gasteiger partial charge on any atom is 0.224 e. The Bertz CT molecular complexity index is 311. The van der Waals surface area contributed by atoms with E-state index in [2.05, 4.69) is 5.32 Å². The molecule has 0 spiro atoms. The SMILES string of the molecule is COc1ccc(CC(=O)NCCCl)cc1. The lowest BCUT2D eigenvalue weighted by atomic mass is 10.1. The lowest BCUT2D eigenvalue weighted by Gasteiger charge is -2.04. The van der Waals surface area contributed by atoms with Crippen LogP contribution in [0.15, 0.2) is 24.3 Å². The van der Waals surface area contributed by atoms with Crippen LogP contribution in [0, 0.1) is 0 Å². The van der Waals surface area contributed by atoms with Gasteiger partial charge in [-0.1, -0.05) is 12.1 Å². The van der Waals surface area contributed by atoms with Gasteiger partial charge in [0.1, 0.15) is 5.75 Å². The number of amides is 1. The van der Waals surface area contributed by atoms with Crippen molar-refractivity contribution in [2.75, 3.05) is 19.5 Å². The van der Waals surface area contributed by atoms with Crippen LogP contribution in [0.1, 0.15) is 5.56 Å². The van der Waals surface area contributed by atoms with Gasteiger partial charge in [-0.2, -0.15) is 0 Å². The van der Waals surface area contributed by atoms with E-state index in [0.29, 0.717) is 18.8 Å². The molecule has 0 aromatic heterocycles. The summed E-state index contributed by atoms with van der Waals surface area (Å²) in [5.41, 5.74) is 0.961. The van der Waals surface area contributed by atoms with Gasteiger partial charge in [-0.05, 0) is 17.7 Å². The van der Waals surface area contributed by atoms with Crippen LogP contribution in [0.2, 0.25) is 0 Å². The Balaban J connectivity index is 2.46. The maximum atomic E-state index is 11.3. The third-order valence-corrected chi connectivity index (χ3v) is 2.13. The Hall–Kier alpha value is -1.22. The summed E-state index contributed by atoms with van der Waals surface area (Å²) >= 11 is 5.46. The lowest BCUT2D eigenvalue weighted by molar-refractivity contribution is -0.120. The summed E-state index contributed by atoms with van der Waals surface area (Å²) in [4.78, 5) is 11.3. The zero-order valence-electron chi connectivity index (χ0n) is 8.63. The van der Waals surface area contributed by atoms with Crippen molar-refractivity contribution in [1.29, 1.82) is 0 Å². The molecule has 1 N–H and O–H groups in total. The normalized spacial score (nSPS) is 9.73. The molecule has 0 aliphatic rings. The van der Waals surface area contributed by atoms with Crippen LogP contribution < -0.4 is 10.1 Å². The highest BCUT2D eigenvalue weighted by molar-refractivity contribution is 6.18. The van der Waals surface area contributed by atoms with E-state index in [-0.39, 0.29) is 5.91 Å². The van der Waals surface area contributed by atoms with Gasteiger partial charge in [0.15, 0.2) is 0 Å².